The first-order valence-corrected chi connectivity index (χ1v) is 6.70. The summed E-state index contributed by atoms with van der Waals surface area (Å²) in [4.78, 5) is 13.9. The van der Waals surface area contributed by atoms with Gasteiger partial charge in [-0.15, -0.1) is 0 Å². The fourth-order valence-corrected chi connectivity index (χ4v) is 1.88. The van der Waals surface area contributed by atoms with Gasteiger partial charge in [0.1, 0.15) is 0 Å². The van der Waals surface area contributed by atoms with Crippen molar-refractivity contribution in [1.82, 2.24) is 4.90 Å². The van der Waals surface area contributed by atoms with Gasteiger partial charge in [0.25, 0.3) is 0 Å². The number of nitrogens with zero attached hydrogens (tertiary/aromatic N) is 1. The third-order valence-electron chi connectivity index (χ3n) is 3.06. The Bertz CT molecular complexity index is 349. The van der Waals surface area contributed by atoms with Crippen LogP contribution in [0.4, 0.5) is 0 Å². The molecule has 0 saturated carbocycles. The van der Waals surface area contributed by atoms with E-state index in [-0.39, 0.29) is 11.9 Å². The molecule has 0 fully saturated rings. The van der Waals surface area contributed by atoms with Crippen molar-refractivity contribution >= 4 is 5.91 Å². The maximum Gasteiger partial charge on any atom is 0.222 e. The number of carbonyl (C=O) groups excluding carboxylic acids is 1. The molecule has 18 heavy (non-hydrogen) atoms. The minimum absolute atomic E-state index is 0.0989. The number of nitrogens with two attached hydrogens (primary N) is 1. The molecule has 0 bridgehead atoms. The van der Waals surface area contributed by atoms with Crippen LogP contribution in [0.15, 0.2) is 30.3 Å². The Kier molecular flexibility index (Phi) is 6.44. The monoisotopic (exact) mass is 248 g/mol. The quantitative estimate of drug-likeness (QED) is 0.804. The molecule has 0 aliphatic rings. The minimum atomic E-state index is 0.0989. The van der Waals surface area contributed by atoms with Gasteiger partial charge in [0.15, 0.2) is 0 Å². The van der Waals surface area contributed by atoms with E-state index in [1.807, 2.05) is 36.9 Å². The van der Waals surface area contributed by atoms with Crippen molar-refractivity contribution in [2.45, 2.75) is 39.2 Å². The first-order chi connectivity index (χ1) is 8.63. The Labute approximate surface area is 110 Å². The fraction of sp³-hybridized carbons (Fsp3) is 0.533. The summed E-state index contributed by atoms with van der Waals surface area (Å²) in [6.07, 6.45) is 2.24. The molecule has 0 aliphatic heterocycles. The zero-order chi connectivity index (χ0) is 13.4. The third-order valence-corrected chi connectivity index (χ3v) is 3.06. The molecule has 0 aliphatic carbocycles. The molecule has 0 radical (unpaired) electrons. The third kappa shape index (κ3) is 5.32. The lowest BCUT2D eigenvalue weighted by molar-refractivity contribution is -0.131. The zero-order valence-electron chi connectivity index (χ0n) is 11.4. The van der Waals surface area contributed by atoms with E-state index in [9.17, 15) is 4.79 Å². The van der Waals surface area contributed by atoms with E-state index < -0.39 is 0 Å². The number of likely N-dealkylation sites (N-methyl/N-ethyl adjacent to an activating group) is 1. The topological polar surface area (TPSA) is 46.3 Å². The van der Waals surface area contributed by atoms with Gasteiger partial charge in [0, 0.05) is 25.6 Å². The van der Waals surface area contributed by atoms with Crippen molar-refractivity contribution < 1.29 is 4.79 Å². The summed E-state index contributed by atoms with van der Waals surface area (Å²) < 4.78 is 0. The first kappa shape index (κ1) is 14.7. The predicted molar refractivity (Wildman–Crippen MR) is 75.3 cm³/mol. The van der Waals surface area contributed by atoms with Crippen molar-refractivity contribution in [3.05, 3.63) is 35.9 Å². The van der Waals surface area contributed by atoms with Crippen molar-refractivity contribution in [2.75, 3.05) is 13.1 Å². The van der Waals surface area contributed by atoms with E-state index in [4.69, 9.17) is 5.73 Å². The molecule has 0 aromatic heterocycles. The molecule has 1 amide bonds. The Morgan fingerprint density at radius 2 is 2.00 bits per heavy atom. The van der Waals surface area contributed by atoms with Gasteiger partial charge in [0.2, 0.25) is 5.91 Å². The van der Waals surface area contributed by atoms with Gasteiger partial charge < -0.3 is 10.6 Å². The summed E-state index contributed by atoms with van der Waals surface area (Å²) in [6.45, 7) is 5.52. The van der Waals surface area contributed by atoms with E-state index in [1.54, 1.807) is 0 Å². The number of hydrogen-bond acceptors (Lipinski definition) is 2. The largest absolute Gasteiger partial charge is 0.343 e. The lowest BCUT2D eigenvalue weighted by Crippen LogP contribution is -2.33. The summed E-state index contributed by atoms with van der Waals surface area (Å²) in [6, 6.07) is 10.4. The van der Waals surface area contributed by atoms with Crippen LogP contribution in [0.5, 0.6) is 0 Å². The van der Waals surface area contributed by atoms with Gasteiger partial charge in [-0.1, -0.05) is 30.3 Å². The molecule has 1 rings (SSSR count). The summed E-state index contributed by atoms with van der Waals surface area (Å²) in [7, 11) is 0. The van der Waals surface area contributed by atoms with Crippen LogP contribution in [0.25, 0.3) is 0 Å². The number of rotatable bonds is 7. The highest BCUT2D eigenvalue weighted by Gasteiger charge is 2.11. The van der Waals surface area contributed by atoms with E-state index in [0.29, 0.717) is 6.42 Å². The van der Waals surface area contributed by atoms with Gasteiger partial charge in [-0.25, -0.2) is 0 Å². The second-order valence-electron chi connectivity index (χ2n) is 4.72. The molecule has 1 unspecified atom stereocenters. The lowest BCUT2D eigenvalue weighted by Gasteiger charge is -2.21. The van der Waals surface area contributed by atoms with Crippen molar-refractivity contribution in [2.24, 2.45) is 5.73 Å². The highest BCUT2D eigenvalue weighted by Crippen LogP contribution is 2.04. The second kappa shape index (κ2) is 7.88. The molecule has 1 aromatic rings. The van der Waals surface area contributed by atoms with Gasteiger partial charge in [0.05, 0.1) is 0 Å². The molecule has 3 heteroatoms. The SMILES string of the molecule is CCN(CCc1ccccc1)C(=O)CCC(C)N. The van der Waals surface area contributed by atoms with Crippen LogP contribution in [-0.2, 0) is 11.2 Å². The number of hydrogen-bond donors (Lipinski definition) is 1. The molecule has 100 valence electrons. The van der Waals surface area contributed by atoms with Crippen LogP contribution in [0, 0.1) is 0 Å². The van der Waals surface area contributed by atoms with Crippen LogP contribution in [0.1, 0.15) is 32.3 Å². The zero-order valence-corrected chi connectivity index (χ0v) is 11.4. The molecule has 2 N–H and O–H groups in total. The highest BCUT2D eigenvalue weighted by atomic mass is 16.2. The summed E-state index contributed by atoms with van der Waals surface area (Å²) in [5, 5.41) is 0. The summed E-state index contributed by atoms with van der Waals surface area (Å²) in [5.74, 6) is 0.214. The fourth-order valence-electron chi connectivity index (χ4n) is 1.88. The maximum atomic E-state index is 12.0. The molecule has 1 aromatic carbocycles. The highest BCUT2D eigenvalue weighted by molar-refractivity contribution is 5.76. The molecule has 3 nitrogen and oxygen atoms in total. The molecule has 1 atom stereocenters. The number of benzene rings is 1. The molecule has 0 saturated heterocycles. The Hall–Kier alpha value is -1.35. The van der Waals surface area contributed by atoms with Gasteiger partial charge in [-0.05, 0) is 32.3 Å². The van der Waals surface area contributed by atoms with Crippen LogP contribution in [0.2, 0.25) is 0 Å². The number of amides is 1. The predicted octanol–water partition coefficient (Wildman–Crippen LogP) is 2.21. The summed E-state index contributed by atoms with van der Waals surface area (Å²) in [5.41, 5.74) is 6.95. The minimum Gasteiger partial charge on any atom is -0.343 e. The van der Waals surface area contributed by atoms with Crippen molar-refractivity contribution in [3.63, 3.8) is 0 Å². The maximum absolute atomic E-state index is 12.0. The molecular formula is C15H24N2O. The van der Waals surface area contributed by atoms with E-state index in [1.165, 1.54) is 5.56 Å². The average Bonchev–Trinajstić information content (AvgIpc) is 2.38. The number of carbonyl (C=O) groups is 1. The standard InChI is InChI=1S/C15H24N2O/c1-3-17(15(18)10-9-13(2)16)12-11-14-7-5-4-6-8-14/h4-8,13H,3,9-12,16H2,1-2H3. The van der Waals surface area contributed by atoms with Crippen LogP contribution in [0.3, 0.4) is 0 Å². The van der Waals surface area contributed by atoms with Gasteiger partial charge in [-0.3, -0.25) is 4.79 Å². The van der Waals surface area contributed by atoms with Crippen molar-refractivity contribution in [1.29, 1.82) is 0 Å². The van der Waals surface area contributed by atoms with Gasteiger partial charge in [-0.2, -0.15) is 0 Å². The Morgan fingerprint density at radius 1 is 1.33 bits per heavy atom. The molecule has 0 heterocycles. The first-order valence-electron chi connectivity index (χ1n) is 6.70. The Balaban J connectivity index is 2.39. The van der Waals surface area contributed by atoms with Crippen LogP contribution < -0.4 is 5.73 Å². The van der Waals surface area contributed by atoms with E-state index in [2.05, 4.69) is 12.1 Å². The van der Waals surface area contributed by atoms with E-state index >= 15 is 0 Å². The lowest BCUT2D eigenvalue weighted by atomic mass is 10.1. The average molecular weight is 248 g/mol. The van der Waals surface area contributed by atoms with Crippen molar-refractivity contribution in [3.8, 4) is 0 Å². The molecular weight excluding hydrogens is 224 g/mol. The molecule has 0 spiro atoms. The van der Waals surface area contributed by atoms with Crippen LogP contribution >= 0.6 is 0 Å². The summed E-state index contributed by atoms with van der Waals surface area (Å²) >= 11 is 0. The Morgan fingerprint density at radius 3 is 2.56 bits per heavy atom. The van der Waals surface area contributed by atoms with Gasteiger partial charge >= 0.3 is 0 Å². The van der Waals surface area contributed by atoms with E-state index in [0.717, 1.165) is 25.9 Å². The van der Waals surface area contributed by atoms with Crippen LogP contribution in [-0.4, -0.2) is 29.9 Å². The normalized spacial score (nSPS) is 12.2. The smallest absolute Gasteiger partial charge is 0.222 e. The second-order valence-corrected chi connectivity index (χ2v) is 4.72.